The summed E-state index contributed by atoms with van der Waals surface area (Å²) in [4.78, 5) is 8.44. The number of anilines is 1. The normalized spacial score (nSPS) is 26.1. The van der Waals surface area contributed by atoms with Crippen molar-refractivity contribution < 1.29 is 5.11 Å². The standard InChI is InChI=1S/C12H19N3O/c1-9-12(14-8-7-13-9)15-10-5-3-2-4-6-11(10)16/h7-8,10-11,16H,2-6H2,1H3,(H,14,15). The number of rotatable bonds is 2. The topological polar surface area (TPSA) is 58.0 Å². The Morgan fingerprint density at radius 1 is 1.19 bits per heavy atom. The van der Waals surface area contributed by atoms with Gasteiger partial charge < -0.3 is 10.4 Å². The summed E-state index contributed by atoms with van der Waals surface area (Å²) in [5.74, 6) is 0.799. The van der Waals surface area contributed by atoms with Crippen molar-refractivity contribution in [1.82, 2.24) is 9.97 Å². The molecule has 0 aliphatic heterocycles. The molecule has 16 heavy (non-hydrogen) atoms. The van der Waals surface area contributed by atoms with Gasteiger partial charge in [-0.15, -0.1) is 0 Å². The Balaban J connectivity index is 2.05. The lowest BCUT2D eigenvalue weighted by Crippen LogP contribution is -2.33. The molecule has 2 atom stereocenters. The zero-order valence-electron chi connectivity index (χ0n) is 9.69. The maximum atomic E-state index is 9.99. The summed E-state index contributed by atoms with van der Waals surface area (Å²) in [6.45, 7) is 1.93. The van der Waals surface area contributed by atoms with Crippen LogP contribution < -0.4 is 5.32 Å². The molecule has 1 aliphatic rings. The van der Waals surface area contributed by atoms with Crippen LogP contribution >= 0.6 is 0 Å². The number of aliphatic hydroxyl groups excluding tert-OH is 1. The quantitative estimate of drug-likeness (QED) is 0.749. The van der Waals surface area contributed by atoms with Crippen LogP contribution in [0.3, 0.4) is 0 Å². The van der Waals surface area contributed by atoms with Gasteiger partial charge in [-0.25, -0.2) is 4.98 Å². The minimum Gasteiger partial charge on any atom is -0.391 e. The van der Waals surface area contributed by atoms with Gasteiger partial charge in [-0.1, -0.05) is 19.3 Å². The van der Waals surface area contributed by atoms with Crippen LogP contribution in [0.15, 0.2) is 12.4 Å². The lowest BCUT2D eigenvalue weighted by Gasteiger charge is -2.22. The van der Waals surface area contributed by atoms with Crippen molar-refractivity contribution >= 4 is 5.82 Å². The van der Waals surface area contributed by atoms with E-state index in [4.69, 9.17) is 0 Å². The fourth-order valence-electron chi connectivity index (χ4n) is 2.18. The van der Waals surface area contributed by atoms with Crippen LogP contribution in [-0.4, -0.2) is 27.2 Å². The average molecular weight is 221 g/mol. The van der Waals surface area contributed by atoms with E-state index in [1.807, 2.05) is 6.92 Å². The Hall–Kier alpha value is -1.16. The monoisotopic (exact) mass is 221 g/mol. The van der Waals surface area contributed by atoms with Gasteiger partial charge in [0.15, 0.2) is 0 Å². The molecule has 2 unspecified atom stereocenters. The lowest BCUT2D eigenvalue weighted by molar-refractivity contribution is 0.144. The minimum atomic E-state index is -0.260. The maximum absolute atomic E-state index is 9.99. The highest BCUT2D eigenvalue weighted by Gasteiger charge is 2.22. The smallest absolute Gasteiger partial charge is 0.147 e. The number of nitrogens with one attached hydrogen (secondary N) is 1. The zero-order valence-corrected chi connectivity index (χ0v) is 9.69. The molecule has 1 fully saturated rings. The fraction of sp³-hybridized carbons (Fsp3) is 0.667. The first-order valence-electron chi connectivity index (χ1n) is 5.99. The van der Waals surface area contributed by atoms with Gasteiger partial charge in [0.2, 0.25) is 0 Å². The largest absolute Gasteiger partial charge is 0.391 e. The third-order valence-corrected chi connectivity index (χ3v) is 3.18. The Bertz CT molecular complexity index is 343. The molecule has 2 rings (SSSR count). The van der Waals surface area contributed by atoms with E-state index < -0.39 is 0 Å². The number of aromatic nitrogens is 2. The molecule has 1 saturated carbocycles. The lowest BCUT2D eigenvalue weighted by atomic mass is 10.1. The molecule has 1 heterocycles. The van der Waals surface area contributed by atoms with Crippen molar-refractivity contribution in [3.05, 3.63) is 18.1 Å². The Kier molecular flexibility index (Phi) is 3.72. The Morgan fingerprint density at radius 3 is 2.75 bits per heavy atom. The molecule has 0 amide bonds. The van der Waals surface area contributed by atoms with Gasteiger partial charge in [-0.3, -0.25) is 4.98 Å². The second kappa shape index (κ2) is 5.25. The molecule has 1 aromatic rings. The number of hydrogen-bond acceptors (Lipinski definition) is 4. The molecular formula is C12H19N3O. The highest BCUT2D eigenvalue weighted by atomic mass is 16.3. The van der Waals surface area contributed by atoms with E-state index in [-0.39, 0.29) is 12.1 Å². The van der Waals surface area contributed by atoms with E-state index in [0.717, 1.165) is 30.8 Å². The van der Waals surface area contributed by atoms with Crippen molar-refractivity contribution in [3.63, 3.8) is 0 Å². The van der Waals surface area contributed by atoms with E-state index in [1.54, 1.807) is 12.4 Å². The molecule has 4 nitrogen and oxygen atoms in total. The Morgan fingerprint density at radius 2 is 1.94 bits per heavy atom. The molecular weight excluding hydrogens is 202 g/mol. The first kappa shape index (κ1) is 11.3. The highest BCUT2D eigenvalue weighted by molar-refractivity contribution is 5.39. The third kappa shape index (κ3) is 2.70. The summed E-state index contributed by atoms with van der Waals surface area (Å²) in [5, 5.41) is 13.3. The summed E-state index contributed by atoms with van der Waals surface area (Å²) in [6, 6.07) is 0.123. The molecule has 4 heteroatoms. The number of aliphatic hydroxyl groups is 1. The van der Waals surface area contributed by atoms with Gasteiger partial charge in [0.25, 0.3) is 0 Å². The molecule has 0 saturated heterocycles. The van der Waals surface area contributed by atoms with Crippen molar-refractivity contribution in [3.8, 4) is 0 Å². The third-order valence-electron chi connectivity index (χ3n) is 3.18. The summed E-state index contributed by atoms with van der Waals surface area (Å²) in [5.41, 5.74) is 0.888. The minimum absolute atomic E-state index is 0.123. The SMILES string of the molecule is Cc1nccnc1NC1CCCCCC1O. The fourth-order valence-corrected chi connectivity index (χ4v) is 2.18. The molecule has 0 radical (unpaired) electrons. The van der Waals surface area contributed by atoms with E-state index in [1.165, 1.54) is 12.8 Å². The van der Waals surface area contributed by atoms with E-state index in [2.05, 4.69) is 15.3 Å². The number of hydrogen-bond donors (Lipinski definition) is 2. The molecule has 0 aromatic carbocycles. The van der Waals surface area contributed by atoms with E-state index in [0.29, 0.717) is 0 Å². The molecule has 88 valence electrons. The second-order valence-electron chi connectivity index (χ2n) is 4.45. The van der Waals surface area contributed by atoms with Gasteiger partial charge in [-0.05, 0) is 19.8 Å². The molecule has 1 aliphatic carbocycles. The summed E-state index contributed by atoms with van der Waals surface area (Å²) >= 11 is 0. The van der Waals surface area contributed by atoms with Gasteiger partial charge in [0.05, 0.1) is 17.8 Å². The van der Waals surface area contributed by atoms with Gasteiger partial charge in [-0.2, -0.15) is 0 Å². The van der Waals surface area contributed by atoms with Crippen molar-refractivity contribution in [1.29, 1.82) is 0 Å². The van der Waals surface area contributed by atoms with Crippen molar-refractivity contribution in [2.75, 3.05) is 5.32 Å². The van der Waals surface area contributed by atoms with Crippen LogP contribution in [0.4, 0.5) is 5.82 Å². The van der Waals surface area contributed by atoms with Crippen LogP contribution in [0.1, 0.15) is 37.8 Å². The van der Waals surface area contributed by atoms with Crippen LogP contribution in [0.25, 0.3) is 0 Å². The van der Waals surface area contributed by atoms with Crippen LogP contribution in [-0.2, 0) is 0 Å². The van der Waals surface area contributed by atoms with Crippen LogP contribution in [0.2, 0.25) is 0 Å². The molecule has 0 bridgehead atoms. The summed E-state index contributed by atoms with van der Waals surface area (Å²) in [6.07, 6.45) is 8.52. The zero-order chi connectivity index (χ0) is 11.4. The van der Waals surface area contributed by atoms with Gasteiger partial charge in [0, 0.05) is 12.4 Å². The summed E-state index contributed by atoms with van der Waals surface area (Å²) < 4.78 is 0. The first-order valence-corrected chi connectivity index (χ1v) is 5.99. The van der Waals surface area contributed by atoms with Crippen molar-refractivity contribution in [2.24, 2.45) is 0 Å². The average Bonchev–Trinajstić information content (AvgIpc) is 2.48. The number of aryl methyl sites for hydroxylation is 1. The Labute approximate surface area is 96.1 Å². The van der Waals surface area contributed by atoms with E-state index in [9.17, 15) is 5.11 Å². The number of nitrogens with zero attached hydrogens (tertiary/aromatic N) is 2. The van der Waals surface area contributed by atoms with Crippen molar-refractivity contribution in [2.45, 2.75) is 51.2 Å². The first-order chi connectivity index (χ1) is 7.77. The van der Waals surface area contributed by atoms with Gasteiger partial charge in [0.1, 0.15) is 5.82 Å². The van der Waals surface area contributed by atoms with Gasteiger partial charge >= 0.3 is 0 Å². The summed E-state index contributed by atoms with van der Waals surface area (Å²) in [7, 11) is 0. The predicted molar refractivity (Wildman–Crippen MR) is 63.3 cm³/mol. The maximum Gasteiger partial charge on any atom is 0.147 e. The molecule has 0 spiro atoms. The highest BCUT2D eigenvalue weighted by Crippen LogP contribution is 2.21. The molecule has 2 N–H and O–H groups in total. The van der Waals surface area contributed by atoms with Crippen LogP contribution in [0, 0.1) is 6.92 Å². The van der Waals surface area contributed by atoms with E-state index >= 15 is 0 Å². The predicted octanol–water partition coefficient (Wildman–Crippen LogP) is 1.89. The molecule has 1 aromatic heterocycles. The van der Waals surface area contributed by atoms with Crippen LogP contribution in [0.5, 0.6) is 0 Å². The second-order valence-corrected chi connectivity index (χ2v) is 4.45.